The minimum atomic E-state index is 0.0462. The molecule has 1 aromatic carbocycles. The second kappa shape index (κ2) is 3.26. The van der Waals surface area contributed by atoms with Crippen molar-refractivity contribution in [3.63, 3.8) is 0 Å². The molecule has 0 amide bonds. The van der Waals surface area contributed by atoms with Gasteiger partial charge in [-0.15, -0.1) is 0 Å². The van der Waals surface area contributed by atoms with Gasteiger partial charge in [-0.2, -0.15) is 5.10 Å². The van der Waals surface area contributed by atoms with Crippen LogP contribution in [0.15, 0.2) is 18.2 Å². The predicted octanol–water partition coefficient (Wildman–Crippen LogP) is 2.87. The normalized spacial score (nSPS) is 12.0. The average molecular weight is 204 g/mol. The quantitative estimate of drug-likeness (QED) is 0.775. The number of H-pyrrole nitrogens is 1. The highest BCUT2D eigenvalue weighted by Gasteiger charge is 2.20. The van der Waals surface area contributed by atoms with Crippen LogP contribution >= 0.6 is 0 Å². The molecular formula is C12H16N2O. The standard InChI is InChI=1S/C12H16N2O/c1-12(2,3)11-9-7-8(15-4)5-6-10(9)13-14-11/h5-7H,1-4H3,(H,13,14). The maximum absolute atomic E-state index is 5.22. The Bertz CT molecular complexity index is 480. The second-order valence-electron chi connectivity index (χ2n) is 4.73. The van der Waals surface area contributed by atoms with Crippen molar-refractivity contribution in [2.45, 2.75) is 26.2 Å². The van der Waals surface area contributed by atoms with E-state index in [4.69, 9.17) is 4.74 Å². The molecule has 0 unspecified atom stereocenters. The number of nitrogens with one attached hydrogen (secondary N) is 1. The Hall–Kier alpha value is -1.51. The van der Waals surface area contributed by atoms with Gasteiger partial charge in [0.15, 0.2) is 0 Å². The zero-order chi connectivity index (χ0) is 11.1. The molecule has 2 aromatic rings. The van der Waals surface area contributed by atoms with Crippen LogP contribution in [0.25, 0.3) is 10.9 Å². The van der Waals surface area contributed by atoms with E-state index in [-0.39, 0.29) is 5.41 Å². The van der Waals surface area contributed by atoms with E-state index in [2.05, 4.69) is 31.0 Å². The van der Waals surface area contributed by atoms with Gasteiger partial charge in [-0.1, -0.05) is 20.8 Å². The summed E-state index contributed by atoms with van der Waals surface area (Å²) >= 11 is 0. The highest BCUT2D eigenvalue weighted by atomic mass is 16.5. The summed E-state index contributed by atoms with van der Waals surface area (Å²) in [5.41, 5.74) is 2.18. The molecule has 80 valence electrons. The first-order valence-electron chi connectivity index (χ1n) is 5.05. The second-order valence-corrected chi connectivity index (χ2v) is 4.73. The maximum Gasteiger partial charge on any atom is 0.119 e. The van der Waals surface area contributed by atoms with Gasteiger partial charge in [-0.25, -0.2) is 0 Å². The van der Waals surface area contributed by atoms with E-state index in [1.807, 2.05) is 18.2 Å². The summed E-state index contributed by atoms with van der Waals surface area (Å²) in [5, 5.41) is 8.54. The molecule has 0 atom stereocenters. The van der Waals surface area contributed by atoms with Crippen molar-refractivity contribution in [3.8, 4) is 5.75 Å². The van der Waals surface area contributed by atoms with Gasteiger partial charge >= 0.3 is 0 Å². The van der Waals surface area contributed by atoms with Crippen LogP contribution in [0.1, 0.15) is 26.5 Å². The number of hydrogen-bond donors (Lipinski definition) is 1. The molecular weight excluding hydrogens is 188 g/mol. The van der Waals surface area contributed by atoms with Crippen molar-refractivity contribution in [3.05, 3.63) is 23.9 Å². The first-order valence-corrected chi connectivity index (χ1v) is 5.05. The summed E-state index contributed by atoms with van der Waals surface area (Å²) < 4.78 is 5.22. The van der Waals surface area contributed by atoms with Gasteiger partial charge < -0.3 is 4.74 Å². The van der Waals surface area contributed by atoms with E-state index >= 15 is 0 Å². The summed E-state index contributed by atoms with van der Waals surface area (Å²) in [6.45, 7) is 6.46. The van der Waals surface area contributed by atoms with Crippen molar-refractivity contribution >= 4 is 10.9 Å². The lowest BCUT2D eigenvalue weighted by atomic mass is 9.90. The molecule has 0 aliphatic carbocycles. The van der Waals surface area contributed by atoms with Crippen LogP contribution < -0.4 is 4.74 Å². The number of hydrogen-bond acceptors (Lipinski definition) is 2. The third kappa shape index (κ3) is 1.69. The van der Waals surface area contributed by atoms with E-state index in [1.165, 1.54) is 0 Å². The Labute approximate surface area is 89.4 Å². The Morgan fingerprint density at radius 1 is 1.27 bits per heavy atom. The smallest absolute Gasteiger partial charge is 0.119 e. The predicted molar refractivity (Wildman–Crippen MR) is 61.3 cm³/mol. The first-order chi connectivity index (χ1) is 7.02. The maximum atomic E-state index is 5.22. The third-order valence-electron chi connectivity index (χ3n) is 2.48. The van der Waals surface area contributed by atoms with Crippen LogP contribution in [0, 0.1) is 0 Å². The van der Waals surface area contributed by atoms with E-state index < -0.39 is 0 Å². The topological polar surface area (TPSA) is 37.9 Å². The molecule has 0 saturated carbocycles. The molecule has 15 heavy (non-hydrogen) atoms. The van der Waals surface area contributed by atoms with E-state index in [0.717, 1.165) is 22.3 Å². The number of nitrogens with zero attached hydrogens (tertiary/aromatic N) is 1. The molecule has 0 bridgehead atoms. The summed E-state index contributed by atoms with van der Waals surface area (Å²) in [4.78, 5) is 0. The van der Waals surface area contributed by atoms with Crippen molar-refractivity contribution in [1.29, 1.82) is 0 Å². The van der Waals surface area contributed by atoms with Gasteiger partial charge in [0.2, 0.25) is 0 Å². The first kappa shape index (κ1) is 10.0. The lowest BCUT2D eigenvalue weighted by molar-refractivity contribution is 0.415. The number of fused-ring (bicyclic) bond motifs is 1. The molecule has 0 aliphatic rings. The Kier molecular flexibility index (Phi) is 2.18. The zero-order valence-corrected chi connectivity index (χ0v) is 9.59. The molecule has 0 radical (unpaired) electrons. The van der Waals surface area contributed by atoms with Crippen LogP contribution in [0.3, 0.4) is 0 Å². The summed E-state index contributed by atoms with van der Waals surface area (Å²) in [6, 6.07) is 5.96. The Morgan fingerprint density at radius 3 is 2.60 bits per heavy atom. The van der Waals surface area contributed by atoms with Gasteiger partial charge in [-0.3, -0.25) is 5.10 Å². The van der Waals surface area contributed by atoms with Crippen molar-refractivity contribution < 1.29 is 4.74 Å². The average Bonchev–Trinajstić information content (AvgIpc) is 2.59. The fraction of sp³-hybridized carbons (Fsp3) is 0.417. The minimum Gasteiger partial charge on any atom is -0.497 e. The molecule has 3 nitrogen and oxygen atoms in total. The number of aromatic nitrogens is 2. The number of benzene rings is 1. The van der Waals surface area contributed by atoms with Crippen LogP contribution in [0.2, 0.25) is 0 Å². The highest BCUT2D eigenvalue weighted by Crippen LogP contribution is 2.29. The molecule has 0 saturated heterocycles. The summed E-state index contributed by atoms with van der Waals surface area (Å²) in [5.74, 6) is 0.870. The number of rotatable bonds is 1. The SMILES string of the molecule is COc1ccc2[nH]nc(C(C)(C)C)c2c1. The molecule has 1 aromatic heterocycles. The van der Waals surface area contributed by atoms with Crippen LogP contribution in [0.5, 0.6) is 5.75 Å². The van der Waals surface area contributed by atoms with Crippen molar-refractivity contribution in [2.75, 3.05) is 7.11 Å². The highest BCUT2D eigenvalue weighted by molar-refractivity contribution is 5.83. The van der Waals surface area contributed by atoms with Gasteiger partial charge in [-0.05, 0) is 18.2 Å². The molecule has 0 spiro atoms. The number of aromatic amines is 1. The van der Waals surface area contributed by atoms with E-state index in [9.17, 15) is 0 Å². The molecule has 2 rings (SSSR count). The Balaban J connectivity index is 2.67. The fourth-order valence-electron chi connectivity index (χ4n) is 1.69. The van der Waals surface area contributed by atoms with Gasteiger partial charge in [0.1, 0.15) is 5.75 Å². The fourth-order valence-corrected chi connectivity index (χ4v) is 1.69. The monoisotopic (exact) mass is 204 g/mol. The molecule has 1 heterocycles. The number of ether oxygens (including phenoxy) is 1. The lowest BCUT2D eigenvalue weighted by Crippen LogP contribution is -2.11. The third-order valence-corrected chi connectivity index (χ3v) is 2.48. The van der Waals surface area contributed by atoms with Gasteiger partial charge in [0.05, 0.1) is 18.3 Å². The molecule has 0 fully saturated rings. The summed E-state index contributed by atoms with van der Waals surface area (Å²) in [7, 11) is 1.68. The van der Waals surface area contributed by atoms with Gasteiger partial charge in [0.25, 0.3) is 0 Å². The van der Waals surface area contributed by atoms with Crippen molar-refractivity contribution in [1.82, 2.24) is 10.2 Å². The van der Waals surface area contributed by atoms with Crippen LogP contribution in [0.4, 0.5) is 0 Å². The molecule has 3 heteroatoms. The number of methoxy groups -OCH3 is 1. The zero-order valence-electron chi connectivity index (χ0n) is 9.59. The Morgan fingerprint density at radius 2 is 2.00 bits per heavy atom. The van der Waals surface area contributed by atoms with Crippen LogP contribution in [-0.2, 0) is 5.41 Å². The van der Waals surface area contributed by atoms with Crippen molar-refractivity contribution in [2.24, 2.45) is 0 Å². The molecule has 1 N–H and O–H groups in total. The molecule has 0 aliphatic heterocycles. The largest absolute Gasteiger partial charge is 0.497 e. The van der Waals surface area contributed by atoms with Crippen LogP contribution in [-0.4, -0.2) is 17.3 Å². The summed E-state index contributed by atoms with van der Waals surface area (Å²) in [6.07, 6.45) is 0. The van der Waals surface area contributed by atoms with Gasteiger partial charge in [0, 0.05) is 10.8 Å². The van der Waals surface area contributed by atoms with E-state index in [1.54, 1.807) is 7.11 Å². The minimum absolute atomic E-state index is 0.0462. The van der Waals surface area contributed by atoms with E-state index in [0.29, 0.717) is 0 Å². The lowest BCUT2D eigenvalue weighted by Gasteiger charge is -2.15.